The van der Waals surface area contributed by atoms with Crippen molar-refractivity contribution in [2.75, 3.05) is 26.3 Å². The normalized spacial score (nSPS) is 30.6. The van der Waals surface area contributed by atoms with Crippen LogP contribution in [0.15, 0.2) is 30.6 Å². The molecular formula is C39H47F4N5O5. The first-order valence-corrected chi connectivity index (χ1v) is 19.0. The van der Waals surface area contributed by atoms with Gasteiger partial charge in [-0.25, -0.2) is 23.5 Å². The zero-order chi connectivity index (χ0) is 37.3. The van der Waals surface area contributed by atoms with Crippen molar-refractivity contribution in [3.8, 4) is 17.1 Å². The molecule has 10 nitrogen and oxygen atoms in total. The van der Waals surface area contributed by atoms with E-state index < -0.39 is 40.5 Å². The number of halogens is 4. The van der Waals surface area contributed by atoms with Crippen molar-refractivity contribution < 1.29 is 41.7 Å². The molecule has 4 unspecified atom stereocenters. The molecule has 4 atom stereocenters. The zero-order valence-electron chi connectivity index (χ0n) is 30.1. The van der Waals surface area contributed by atoms with E-state index in [1.54, 1.807) is 0 Å². The van der Waals surface area contributed by atoms with Crippen molar-refractivity contribution in [2.45, 2.75) is 114 Å². The predicted molar refractivity (Wildman–Crippen MR) is 187 cm³/mol. The third-order valence-corrected chi connectivity index (χ3v) is 12.5. The summed E-state index contributed by atoms with van der Waals surface area (Å²) in [6.07, 6.45) is 9.95. The van der Waals surface area contributed by atoms with Gasteiger partial charge >= 0.3 is 5.97 Å². The van der Waals surface area contributed by atoms with E-state index in [4.69, 9.17) is 9.47 Å². The van der Waals surface area contributed by atoms with Crippen LogP contribution in [0.4, 0.5) is 17.6 Å². The third-order valence-electron chi connectivity index (χ3n) is 12.5. The molecule has 3 saturated carbocycles. The molecule has 0 radical (unpaired) electrons. The number of hydrogen-bond acceptors (Lipinski definition) is 7. The SMILES string of the molecule is CC1CC2CC(C1)C(NC(=O)c1cnc(-c3cn(C4CCOCC4)c4cc(OC5CCC(N6CC(F)(F)C6)CC5)ccc34)nc1C(C)(F)F)(C(=O)O)C2. The second-order valence-corrected chi connectivity index (χ2v) is 16.4. The second kappa shape index (κ2) is 13.5. The second-order valence-electron chi connectivity index (χ2n) is 16.4. The van der Waals surface area contributed by atoms with Gasteiger partial charge in [0.15, 0.2) is 5.82 Å². The summed E-state index contributed by atoms with van der Waals surface area (Å²) in [5, 5.41) is 13.8. The van der Waals surface area contributed by atoms with Crippen LogP contribution < -0.4 is 10.1 Å². The Morgan fingerprint density at radius 1 is 1.04 bits per heavy atom. The molecule has 2 N–H and O–H groups in total. The number of carbonyl (C=O) groups excluding carboxylic acids is 1. The van der Waals surface area contributed by atoms with E-state index in [-0.39, 0.29) is 55.4 Å². The Morgan fingerprint density at radius 2 is 1.77 bits per heavy atom. The monoisotopic (exact) mass is 741 g/mol. The molecule has 5 fully saturated rings. The molecule has 286 valence electrons. The third kappa shape index (κ3) is 6.90. The van der Waals surface area contributed by atoms with E-state index in [0.717, 1.165) is 62.0 Å². The number of nitrogens with zero attached hydrogens (tertiary/aromatic N) is 4. The van der Waals surface area contributed by atoms with Crippen molar-refractivity contribution in [1.82, 2.24) is 24.8 Å². The lowest BCUT2D eigenvalue weighted by Gasteiger charge is -2.46. The summed E-state index contributed by atoms with van der Waals surface area (Å²) in [6, 6.07) is 5.86. The molecule has 53 heavy (non-hydrogen) atoms. The average molecular weight is 742 g/mol. The summed E-state index contributed by atoms with van der Waals surface area (Å²) in [5.74, 6) is -7.33. The fraction of sp³-hybridized carbons (Fsp3) is 0.641. The summed E-state index contributed by atoms with van der Waals surface area (Å²) >= 11 is 0. The number of benzene rings is 1. The molecule has 8 rings (SSSR count). The van der Waals surface area contributed by atoms with Gasteiger partial charge in [-0.1, -0.05) is 6.92 Å². The van der Waals surface area contributed by atoms with Gasteiger partial charge in [0.05, 0.1) is 30.3 Å². The maximum atomic E-state index is 15.4. The maximum absolute atomic E-state index is 15.4. The first-order chi connectivity index (χ1) is 25.2. The average Bonchev–Trinajstić information content (AvgIpc) is 3.61. The number of alkyl halides is 4. The van der Waals surface area contributed by atoms with E-state index in [0.29, 0.717) is 50.2 Å². The van der Waals surface area contributed by atoms with Gasteiger partial charge in [0.1, 0.15) is 17.0 Å². The lowest BCUT2D eigenvalue weighted by atomic mass is 9.78. The summed E-state index contributed by atoms with van der Waals surface area (Å²) in [4.78, 5) is 37.1. The summed E-state index contributed by atoms with van der Waals surface area (Å²) < 4.78 is 71.7. The van der Waals surface area contributed by atoms with Crippen LogP contribution in [0, 0.1) is 17.8 Å². The van der Waals surface area contributed by atoms with Crippen molar-refractivity contribution in [2.24, 2.45) is 17.8 Å². The van der Waals surface area contributed by atoms with E-state index in [1.165, 1.54) is 0 Å². The van der Waals surface area contributed by atoms with E-state index >= 15 is 8.78 Å². The summed E-state index contributed by atoms with van der Waals surface area (Å²) in [6.45, 7) is 3.55. The Kier molecular flexibility index (Phi) is 9.23. The molecule has 14 heteroatoms. The molecule has 0 spiro atoms. The number of aromatic nitrogens is 3. The molecule has 3 aromatic rings. The summed E-state index contributed by atoms with van der Waals surface area (Å²) in [5.41, 5.74) is -1.41. The van der Waals surface area contributed by atoms with Gasteiger partial charge in [-0.2, -0.15) is 8.78 Å². The molecule has 3 aliphatic carbocycles. The number of carboxylic acid groups (broad SMARTS) is 1. The number of aliphatic carboxylic acids is 1. The van der Waals surface area contributed by atoms with Gasteiger partial charge < -0.3 is 24.5 Å². The highest BCUT2D eigenvalue weighted by molar-refractivity contribution is 6.00. The van der Waals surface area contributed by atoms with Crippen LogP contribution in [-0.4, -0.2) is 86.3 Å². The first-order valence-electron chi connectivity index (χ1n) is 19.0. The van der Waals surface area contributed by atoms with Gasteiger partial charge in [-0.15, -0.1) is 0 Å². The Labute approximate surface area is 305 Å². The van der Waals surface area contributed by atoms with E-state index in [1.807, 2.05) is 29.3 Å². The minimum atomic E-state index is -3.53. The number of ether oxygens (including phenoxy) is 2. The number of hydrogen-bond donors (Lipinski definition) is 2. The fourth-order valence-corrected chi connectivity index (χ4v) is 9.96. The number of carboxylic acids is 1. The minimum absolute atomic E-state index is 0.0240. The molecule has 5 aliphatic rings. The van der Waals surface area contributed by atoms with Crippen LogP contribution in [0.2, 0.25) is 0 Å². The van der Waals surface area contributed by atoms with Crippen LogP contribution in [0.3, 0.4) is 0 Å². The predicted octanol–water partition coefficient (Wildman–Crippen LogP) is 7.21. The minimum Gasteiger partial charge on any atom is -0.490 e. The molecule has 4 heterocycles. The van der Waals surface area contributed by atoms with Gasteiger partial charge in [-0.3, -0.25) is 9.69 Å². The van der Waals surface area contributed by atoms with Crippen LogP contribution in [0.25, 0.3) is 22.3 Å². The quantitative estimate of drug-likeness (QED) is 0.221. The van der Waals surface area contributed by atoms with Gasteiger partial charge in [0.25, 0.3) is 17.8 Å². The number of amides is 1. The van der Waals surface area contributed by atoms with Crippen LogP contribution in [-0.2, 0) is 15.5 Å². The molecule has 2 bridgehead atoms. The smallest absolute Gasteiger partial charge is 0.329 e. The Hall–Kier alpha value is -3.78. The number of nitrogens with one attached hydrogen (secondary N) is 1. The van der Waals surface area contributed by atoms with E-state index in [9.17, 15) is 23.5 Å². The highest BCUT2D eigenvalue weighted by Crippen LogP contribution is 2.51. The molecule has 2 aliphatic heterocycles. The molecule has 1 amide bonds. The Morgan fingerprint density at radius 3 is 2.45 bits per heavy atom. The van der Waals surface area contributed by atoms with Crippen LogP contribution >= 0.6 is 0 Å². The zero-order valence-corrected chi connectivity index (χ0v) is 30.1. The first kappa shape index (κ1) is 36.2. The number of rotatable bonds is 9. The standard InChI is InChI=1S/C39H47F4N5O5/c1-22-13-23-15-24(14-22)39(17-23,36(50)51)46-35(49)30-18-44-34(45-33(30)37(2,40)41)31-19-48(26-9-11-52-12-10-26)32-16-28(7-8-29(31)32)53-27-5-3-25(4-6-27)47-20-38(42,43)21-47/h7-8,16,18-19,22-27H,3-6,9-15,17,20-21H2,1-2H3,(H,46,49)(H,50,51). The van der Waals surface area contributed by atoms with Crippen molar-refractivity contribution in [3.05, 3.63) is 41.9 Å². The van der Waals surface area contributed by atoms with Gasteiger partial charge in [0.2, 0.25) is 0 Å². The number of fused-ring (bicyclic) bond motifs is 3. The lowest BCUT2D eigenvalue weighted by molar-refractivity contribution is -0.151. The Balaban J connectivity index is 1.08. The van der Waals surface area contributed by atoms with Crippen molar-refractivity contribution in [1.29, 1.82) is 0 Å². The van der Waals surface area contributed by atoms with Crippen LogP contribution in [0.5, 0.6) is 5.75 Å². The lowest BCUT2D eigenvalue weighted by Crippen LogP contribution is -2.60. The molecule has 2 saturated heterocycles. The molecular weight excluding hydrogens is 694 g/mol. The Bertz CT molecular complexity index is 1880. The van der Waals surface area contributed by atoms with Crippen molar-refractivity contribution in [3.63, 3.8) is 0 Å². The van der Waals surface area contributed by atoms with Gasteiger partial charge in [0, 0.05) is 61.6 Å². The highest BCUT2D eigenvalue weighted by Gasteiger charge is 2.56. The topological polar surface area (TPSA) is 119 Å². The maximum Gasteiger partial charge on any atom is 0.329 e. The van der Waals surface area contributed by atoms with Gasteiger partial charge in [-0.05, 0) is 94.1 Å². The molecule has 2 aromatic heterocycles. The highest BCUT2D eigenvalue weighted by atomic mass is 19.3. The fourth-order valence-electron chi connectivity index (χ4n) is 9.96. The summed E-state index contributed by atoms with van der Waals surface area (Å²) in [7, 11) is 0. The number of carbonyl (C=O) groups is 2. The van der Waals surface area contributed by atoms with Crippen molar-refractivity contribution >= 4 is 22.8 Å². The molecule has 1 aromatic carbocycles. The van der Waals surface area contributed by atoms with E-state index in [2.05, 4.69) is 26.8 Å². The number of likely N-dealkylation sites (tertiary alicyclic amines) is 1. The largest absolute Gasteiger partial charge is 0.490 e. The van der Waals surface area contributed by atoms with Crippen LogP contribution in [0.1, 0.15) is 100 Å².